The van der Waals surface area contributed by atoms with Crippen LogP contribution in [-0.4, -0.2) is 78.8 Å². The number of rotatable bonds is 5. The first-order valence-electron chi connectivity index (χ1n) is 9.20. The van der Waals surface area contributed by atoms with Gasteiger partial charge in [0.1, 0.15) is 6.54 Å². The first kappa shape index (κ1) is 19.5. The average molecular weight is 392 g/mol. The Hall–Kier alpha value is -2.28. The third-order valence-electron chi connectivity index (χ3n) is 4.68. The van der Waals surface area contributed by atoms with Gasteiger partial charge in [0.05, 0.1) is 6.54 Å². The Labute approximate surface area is 165 Å². The number of piperazine rings is 1. The van der Waals surface area contributed by atoms with Gasteiger partial charge >= 0.3 is 0 Å². The molecule has 1 aliphatic carbocycles. The summed E-state index contributed by atoms with van der Waals surface area (Å²) in [5.41, 5.74) is 1.06. The molecule has 0 spiro atoms. The van der Waals surface area contributed by atoms with Crippen molar-refractivity contribution in [2.75, 3.05) is 40.3 Å². The van der Waals surface area contributed by atoms with E-state index >= 15 is 0 Å². The molecule has 8 heteroatoms. The molecule has 2 aliphatic rings. The molecule has 1 saturated heterocycles. The Morgan fingerprint density at radius 1 is 1.26 bits per heavy atom. The number of aliphatic imine (C=N–C) groups is 1. The minimum Gasteiger partial charge on any atom is -0.353 e. The molecule has 0 unspecified atom stereocenters. The van der Waals surface area contributed by atoms with Gasteiger partial charge in [-0.1, -0.05) is 23.7 Å². The second-order valence-corrected chi connectivity index (χ2v) is 7.65. The van der Waals surface area contributed by atoms with E-state index in [9.17, 15) is 9.59 Å². The van der Waals surface area contributed by atoms with Crippen LogP contribution in [0.15, 0.2) is 29.3 Å². The first-order valence-corrected chi connectivity index (χ1v) is 9.58. The Bertz CT molecular complexity index is 715. The molecule has 0 atom stereocenters. The number of carbonyl (C=O) groups is 2. The van der Waals surface area contributed by atoms with Gasteiger partial charge in [0.25, 0.3) is 0 Å². The second kappa shape index (κ2) is 8.61. The number of halogens is 1. The molecular weight excluding hydrogens is 366 g/mol. The van der Waals surface area contributed by atoms with Gasteiger partial charge in [0.2, 0.25) is 11.8 Å². The van der Waals surface area contributed by atoms with Crippen molar-refractivity contribution >= 4 is 29.4 Å². The van der Waals surface area contributed by atoms with Crippen LogP contribution >= 0.6 is 11.6 Å². The number of carbonyl (C=O) groups excluding carboxylic acids is 2. The van der Waals surface area contributed by atoms with Crippen molar-refractivity contribution in [2.45, 2.75) is 25.4 Å². The van der Waals surface area contributed by atoms with Gasteiger partial charge in [0.15, 0.2) is 5.96 Å². The number of hydrogen-bond donors (Lipinski definition) is 1. The number of guanidine groups is 1. The van der Waals surface area contributed by atoms with Crippen molar-refractivity contribution in [1.29, 1.82) is 0 Å². The van der Waals surface area contributed by atoms with E-state index in [1.807, 2.05) is 34.1 Å². The van der Waals surface area contributed by atoms with E-state index in [0.29, 0.717) is 36.7 Å². The normalized spacial score (nSPS) is 17.9. The fraction of sp³-hybridized carbons (Fsp3) is 0.526. The van der Waals surface area contributed by atoms with Gasteiger partial charge < -0.3 is 20.0 Å². The van der Waals surface area contributed by atoms with Crippen LogP contribution in [0.5, 0.6) is 0 Å². The predicted octanol–water partition coefficient (Wildman–Crippen LogP) is 1.18. The summed E-state index contributed by atoms with van der Waals surface area (Å²) < 4.78 is 0. The maximum absolute atomic E-state index is 12.6. The van der Waals surface area contributed by atoms with E-state index in [2.05, 4.69) is 10.3 Å². The average Bonchev–Trinajstić information content (AvgIpc) is 3.46. The summed E-state index contributed by atoms with van der Waals surface area (Å²) in [6.45, 7) is 2.23. The van der Waals surface area contributed by atoms with E-state index in [-0.39, 0.29) is 24.9 Å². The molecule has 1 aromatic carbocycles. The molecule has 0 aromatic heterocycles. The van der Waals surface area contributed by atoms with Gasteiger partial charge in [-0.05, 0) is 30.5 Å². The van der Waals surface area contributed by atoms with Crippen LogP contribution in [0.2, 0.25) is 5.02 Å². The largest absolute Gasteiger partial charge is 0.353 e. The Morgan fingerprint density at radius 3 is 2.56 bits per heavy atom. The number of hydrogen-bond acceptors (Lipinski definition) is 3. The molecule has 1 N–H and O–H groups in total. The zero-order valence-electron chi connectivity index (χ0n) is 15.8. The van der Waals surface area contributed by atoms with Crippen molar-refractivity contribution in [1.82, 2.24) is 20.0 Å². The van der Waals surface area contributed by atoms with Crippen LogP contribution in [0.25, 0.3) is 0 Å². The lowest BCUT2D eigenvalue weighted by Gasteiger charge is -2.36. The molecule has 1 heterocycles. The molecule has 1 aliphatic heterocycles. The van der Waals surface area contributed by atoms with Crippen molar-refractivity contribution in [3.8, 4) is 0 Å². The van der Waals surface area contributed by atoms with Crippen LogP contribution < -0.4 is 5.32 Å². The second-order valence-electron chi connectivity index (χ2n) is 7.21. The molecular formula is C19H26ClN5O2. The smallest absolute Gasteiger partial charge is 0.243 e. The fourth-order valence-corrected chi connectivity index (χ4v) is 2.92. The van der Waals surface area contributed by atoms with Crippen molar-refractivity contribution in [2.24, 2.45) is 4.99 Å². The number of amides is 2. The highest BCUT2D eigenvalue weighted by atomic mass is 35.5. The highest BCUT2D eigenvalue weighted by molar-refractivity contribution is 6.30. The molecule has 2 fully saturated rings. The lowest BCUT2D eigenvalue weighted by atomic mass is 10.2. The Kier molecular flexibility index (Phi) is 6.21. The molecule has 2 amide bonds. The van der Waals surface area contributed by atoms with Crippen LogP contribution in [0, 0.1) is 0 Å². The lowest BCUT2D eigenvalue weighted by Crippen LogP contribution is -2.55. The van der Waals surface area contributed by atoms with E-state index in [4.69, 9.17) is 11.6 Å². The molecule has 1 aromatic rings. The highest BCUT2D eigenvalue weighted by Crippen LogP contribution is 2.20. The third-order valence-corrected chi connectivity index (χ3v) is 4.93. The van der Waals surface area contributed by atoms with Gasteiger partial charge in [-0.25, -0.2) is 4.99 Å². The van der Waals surface area contributed by atoms with E-state index < -0.39 is 0 Å². The van der Waals surface area contributed by atoms with Crippen LogP contribution in [0.4, 0.5) is 0 Å². The topological polar surface area (TPSA) is 68.2 Å². The SMILES string of the molecule is CN(C)C(=O)CN=C(NC1CC1)N1CCN(Cc2ccc(Cl)cc2)C(=O)C1. The lowest BCUT2D eigenvalue weighted by molar-refractivity contribution is -0.135. The molecule has 3 rings (SSSR count). The van der Waals surface area contributed by atoms with Gasteiger partial charge in [-0.2, -0.15) is 0 Å². The van der Waals surface area contributed by atoms with Crippen LogP contribution in [-0.2, 0) is 16.1 Å². The summed E-state index contributed by atoms with van der Waals surface area (Å²) in [6.07, 6.45) is 2.20. The summed E-state index contributed by atoms with van der Waals surface area (Å²) in [4.78, 5) is 34.3. The predicted molar refractivity (Wildman–Crippen MR) is 106 cm³/mol. The summed E-state index contributed by atoms with van der Waals surface area (Å²) in [5, 5.41) is 4.06. The van der Waals surface area contributed by atoms with Gasteiger partial charge in [-0.15, -0.1) is 0 Å². The third kappa shape index (κ3) is 5.60. The monoisotopic (exact) mass is 391 g/mol. The zero-order valence-corrected chi connectivity index (χ0v) is 16.6. The Morgan fingerprint density at radius 2 is 1.96 bits per heavy atom. The number of nitrogens with zero attached hydrogens (tertiary/aromatic N) is 4. The molecule has 146 valence electrons. The summed E-state index contributed by atoms with van der Waals surface area (Å²) >= 11 is 5.92. The van der Waals surface area contributed by atoms with E-state index in [0.717, 1.165) is 18.4 Å². The first-order chi connectivity index (χ1) is 12.9. The van der Waals surface area contributed by atoms with E-state index in [1.54, 1.807) is 14.1 Å². The number of likely N-dealkylation sites (N-methyl/N-ethyl adjacent to an activating group) is 1. The van der Waals surface area contributed by atoms with Crippen LogP contribution in [0.1, 0.15) is 18.4 Å². The quantitative estimate of drug-likeness (QED) is 0.604. The van der Waals surface area contributed by atoms with Crippen molar-refractivity contribution in [3.05, 3.63) is 34.9 Å². The highest BCUT2D eigenvalue weighted by Gasteiger charge is 2.30. The van der Waals surface area contributed by atoms with Crippen LogP contribution in [0.3, 0.4) is 0 Å². The van der Waals surface area contributed by atoms with Gasteiger partial charge in [0, 0.05) is 44.8 Å². The zero-order chi connectivity index (χ0) is 19.4. The van der Waals surface area contributed by atoms with Crippen molar-refractivity contribution in [3.63, 3.8) is 0 Å². The molecule has 7 nitrogen and oxygen atoms in total. The Balaban J connectivity index is 1.61. The molecule has 27 heavy (non-hydrogen) atoms. The summed E-state index contributed by atoms with van der Waals surface area (Å²) in [7, 11) is 3.43. The minimum absolute atomic E-state index is 0.0560. The molecule has 0 radical (unpaired) electrons. The van der Waals surface area contributed by atoms with Gasteiger partial charge in [-0.3, -0.25) is 9.59 Å². The molecule has 0 bridgehead atoms. The minimum atomic E-state index is -0.0576. The summed E-state index contributed by atoms with van der Waals surface area (Å²) in [5.74, 6) is 0.658. The molecule has 1 saturated carbocycles. The maximum atomic E-state index is 12.6. The van der Waals surface area contributed by atoms with E-state index in [1.165, 1.54) is 4.90 Å². The fourth-order valence-electron chi connectivity index (χ4n) is 2.80. The maximum Gasteiger partial charge on any atom is 0.243 e. The summed E-state index contributed by atoms with van der Waals surface area (Å²) in [6, 6.07) is 7.96. The standard InChI is InChI=1S/C19H26ClN5O2/c1-23(2)17(26)11-21-19(22-16-7-8-16)25-10-9-24(18(27)13-25)12-14-3-5-15(20)6-4-14/h3-6,16H,7-13H2,1-2H3,(H,21,22). The van der Waals surface area contributed by atoms with Crippen molar-refractivity contribution < 1.29 is 9.59 Å². The number of benzene rings is 1. The number of nitrogens with one attached hydrogen (secondary N) is 1.